The van der Waals surface area contributed by atoms with Crippen molar-refractivity contribution in [3.63, 3.8) is 0 Å². The van der Waals surface area contributed by atoms with E-state index in [4.69, 9.17) is 15.2 Å². The molecule has 4 N–H and O–H groups in total. The molecule has 0 bridgehead atoms. The molecule has 1 atom stereocenters. The molecule has 22 heavy (non-hydrogen) atoms. The Bertz CT molecular complexity index is 447. The molecule has 0 aliphatic heterocycles. The molecule has 0 aromatic heterocycles. The van der Waals surface area contributed by atoms with Crippen LogP contribution in [0.15, 0.2) is 18.2 Å². The van der Waals surface area contributed by atoms with Gasteiger partial charge in [-0.05, 0) is 5.92 Å². The van der Waals surface area contributed by atoms with Crippen LogP contribution in [-0.4, -0.2) is 39.3 Å². The normalized spacial score (nSPS) is 11.4. The van der Waals surface area contributed by atoms with Gasteiger partial charge < -0.3 is 25.8 Å². The Balaban J connectivity index is 0.00000441. The third kappa shape index (κ3) is 6.41. The van der Waals surface area contributed by atoms with Crippen LogP contribution in [0.25, 0.3) is 0 Å². The van der Waals surface area contributed by atoms with Crippen LogP contribution in [-0.2, 0) is 4.79 Å². The first-order valence-corrected chi connectivity index (χ1v) is 6.98. The summed E-state index contributed by atoms with van der Waals surface area (Å²) in [4.78, 5) is 11.7. The summed E-state index contributed by atoms with van der Waals surface area (Å²) in [7, 11) is 3.21. The smallest absolute Gasteiger partial charge is 0.237 e. The Labute approximate surface area is 138 Å². The molecule has 0 saturated heterocycles. The van der Waals surface area contributed by atoms with Crippen molar-refractivity contribution in [3.05, 3.63) is 18.2 Å². The number of rotatable bonds is 8. The molecule has 0 aliphatic rings. The number of nitrogens with one attached hydrogen (secondary N) is 2. The summed E-state index contributed by atoms with van der Waals surface area (Å²) in [6.07, 6.45) is 0. The average Bonchev–Trinajstić information content (AvgIpc) is 2.49. The first-order chi connectivity index (χ1) is 9.97. The Morgan fingerprint density at radius 3 is 2.14 bits per heavy atom. The summed E-state index contributed by atoms with van der Waals surface area (Å²) in [5.74, 6) is 1.42. The van der Waals surface area contributed by atoms with E-state index in [-0.39, 0.29) is 24.2 Å². The predicted octanol–water partition coefficient (Wildman–Crippen LogP) is 1.64. The monoisotopic (exact) mass is 331 g/mol. The van der Waals surface area contributed by atoms with Crippen LogP contribution < -0.4 is 25.8 Å². The zero-order valence-electron chi connectivity index (χ0n) is 13.5. The van der Waals surface area contributed by atoms with Gasteiger partial charge in [0.25, 0.3) is 0 Å². The Kier molecular flexibility index (Phi) is 9.37. The zero-order chi connectivity index (χ0) is 15.8. The third-order valence-corrected chi connectivity index (χ3v) is 3.13. The summed E-state index contributed by atoms with van der Waals surface area (Å²) in [5.41, 5.74) is 6.63. The second kappa shape index (κ2) is 10.1. The van der Waals surface area contributed by atoms with E-state index in [0.29, 0.717) is 24.6 Å². The molecule has 1 aromatic rings. The summed E-state index contributed by atoms with van der Waals surface area (Å²) in [5, 5.41) is 6.00. The van der Waals surface area contributed by atoms with E-state index >= 15 is 0 Å². The molecule has 1 aromatic carbocycles. The maximum absolute atomic E-state index is 11.7. The van der Waals surface area contributed by atoms with Gasteiger partial charge in [0.15, 0.2) is 0 Å². The van der Waals surface area contributed by atoms with Crippen molar-refractivity contribution in [2.75, 3.05) is 32.6 Å². The first-order valence-electron chi connectivity index (χ1n) is 6.98. The fourth-order valence-corrected chi connectivity index (χ4v) is 1.72. The number of nitrogens with two attached hydrogens (primary N) is 1. The lowest BCUT2D eigenvalue weighted by Crippen LogP contribution is -2.45. The van der Waals surface area contributed by atoms with Crippen LogP contribution in [0.4, 0.5) is 5.69 Å². The number of carbonyl (C=O) groups excluding carboxylic acids is 1. The van der Waals surface area contributed by atoms with Gasteiger partial charge in [0.1, 0.15) is 11.5 Å². The molecular formula is C15H26ClN3O3. The molecule has 1 amide bonds. The van der Waals surface area contributed by atoms with Gasteiger partial charge in [-0.25, -0.2) is 0 Å². The molecule has 7 heteroatoms. The molecule has 0 fully saturated rings. The molecule has 0 aliphatic carbocycles. The maximum Gasteiger partial charge on any atom is 0.237 e. The molecule has 0 heterocycles. The summed E-state index contributed by atoms with van der Waals surface area (Å²) < 4.78 is 10.4. The standard InChI is InChI=1S/C15H25N3O3.ClH/c1-10(2)14(16)15(19)18-6-5-17-11-7-12(20-3)9-13(8-11)21-4;/h7-10,14,17H,5-6,16H2,1-4H3,(H,18,19);1H/t14-;/m0./s1. The minimum absolute atomic E-state index is 0. The highest BCUT2D eigenvalue weighted by Gasteiger charge is 2.16. The van der Waals surface area contributed by atoms with Gasteiger partial charge in [-0.15, -0.1) is 12.4 Å². The van der Waals surface area contributed by atoms with E-state index < -0.39 is 6.04 Å². The van der Waals surface area contributed by atoms with Crippen LogP contribution in [0, 0.1) is 5.92 Å². The second-order valence-corrected chi connectivity index (χ2v) is 5.09. The minimum atomic E-state index is -0.470. The Morgan fingerprint density at radius 1 is 1.14 bits per heavy atom. The van der Waals surface area contributed by atoms with Crippen molar-refractivity contribution in [3.8, 4) is 11.5 Å². The van der Waals surface area contributed by atoms with Gasteiger partial charge in [-0.2, -0.15) is 0 Å². The molecule has 6 nitrogen and oxygen atoms in total. The van der Waals surface area contributed by atoms with Crippen molar-refractivity contribution < 1.29 is 14.3 Å². The number of benzene rings is 1. The van der Waals surface area contributed by atoms with E-state index in [9.17, 15) is 4.79 Å². The third-order valence-electron chi connectivity index (χ3n) is 3.13. The fourth-order valence-electron chi connectivity index (χ4n) is 1.72. The lowest BCUT2D eigenvalue weighted by atomic mass is 10.1. The lowest BCUT2D eigenvalue weighted by Gasteiger charge is -2.16. The number of anilines is 1. The predicted molar refractivity (Wildman–Crippen MR) is 91.1 cm³/mol. The number of amides is 1. The van der Waals surface area contributed by atoms with Crippen molar-refractivity contribution >= 4 is 24.0 Å². The van der Waals surface area contributed by atoms with Crippen LogP contribution in [0.2, 0.25) is 0 Å². The largest absolute Gasteiger partial charge is 0.497 e. The number of methoxy groups -OCH3 is 2. The number of hydrogen-bond acceptors (Lipinski definition) is 5. The van der Waals surface area contributed by atoms with Crippen molar-refractivity contribution in [1.82, 2.24) is 5.32 Å². The first kappa shape index (κ1) is 20.3. The number of halogens is 1. The topological polar surface area (TPSA) is 85.6 Å². The summed E-state index contributed by atoms with van der Waals surface area (Å²) in [6, 6.07) is 5.06. The minimum Gasteiger partial charge on any atom is -0.497 e. The second-order valence-electron chi connectivity index (χ2n) is 5.09. The van der Waals surface area contributed by atoms with E-state index in [1.54, 1.807) is 20.3 Å². The van der Waals surface area contributed by atoms with Crippen LogP contribution >= 0.6 is 12.4 Å². The number of ether oxygens (including phenoxy) is 2. The van der Waals surface area contributed by atoms with Crippen molar-refractivity contribution in [2.45, 2.75) is 19.9 Å². The molecule has 0 spiro atoms. The van der Waals surface area contributed by atoms with Gasteiger partial charge in [-0.3, -0.25) is 4.79 Å². The molecule has 0 radical (unpaired) electrons. The van der Waals surface area contributed by atoms with Gasteiger partial charge in [-0.1, -0.05) is 13.8 Å². The Hall–Kier alpha value is -1.66. The van der Waals surface area contributed by atoms with E-state index in [1.165, 1.54) is 0 Å². The van der Waals surface area contributed by atoms with Crippen molar-refractivity contribution in [1.29, 1.82) is 0 Å². The van der Waals surface area contributed by atoms with Crippen LogP contribution in [0.1, 0.15) is 13.8 Å². The van der Waals surface area contributed by atoms with E-state index in [0.717, 1.165) is 5.69 Å². The number of carbonyl (C=O) groups is 1. The van der Waals surface area contributed by atoms with Gasteiger partial charge in [0.05, 0.1) is 20.3 Å². The van der Waals surface area contributed by atoms with E-state index in [1.807, 2.05) is 26.0 Å². The van der Waals surface area contributed by atoms with Crippen LogP contribution in [0.3, 0.4) is 0 Å². The molecule has 0 unspecified atom stereocenters. The average molecular weight is 332 g/mol. The van der Waals surface area contributed by atoms with E-state index in [2.05, 4.69) is 10.6 Å². The maximum atomic E-state index is 11.7. The SMILES string of the molecule is COc1cc(NCCNC(=O)[C@@H](N)C(C)C)cc(OC)c1.Cl. The van der Waals surface area contributed by atoms with Gasteiger partial charge in [0.2, 0.25) is 5.91 Å². The lowest BCUT2D eigenvalue weighted by molar-refractivity contribution is -0.123. The zero-order valence-corrected chi connectivity index (χ0v) is 14.3. The Morgan fingerprint density at radius 2 is 1.68 bits per heavy atom. The van der Waals surface area contributed by atoms with Crippen LogP contribution in [0.5, 0.6) is 11.5 Å². The fraction of sp³-hybridized carbons (Fsp3) is 0.533. The molecule has 1 rings (SSSR count). The summed E-state index contributed by atoms with van der Waals surface area (Å²) in [6.45, 7) is 4.93. The quantitative estimate of drug-likeness (QED) is 0.630. The molecular weight excluding hydrogens is 306 g/mol. The highest BCUT2D eigenvalue weighted by Crippen LogP contribution is 2.25. The highest BCUT2D eigenvalue weighted by atomic mass is 35.5. The van der Waals surface area contributed by atoms with Gasteiger partial charge >= 0.3 is 0 Å². The molecule has 0 saturated carbocycles. The highest BCUT2D eigenvalue weighted by molar-refractivity contribution is 5.85. The molecule has 126 valence electrons. The number of hydrogen-bond donors (Lipinski definition) is 3. The van der Waals surface area contributed by atoms with Crippen molar-refractivity contribution in [2.24, 2.45) is 11.7 Å². The van der Waals surface area contributed by atoms with Gasteiger partial charge in [0, 0.05) is 37.0 Å². The summed E-state index contributed by atoms with van der Waals surface area (Å²) >= 11 is 0.